The van der Waals surface area contributed by atoms with Crippen molar-refractivity contribution in [2.24, 2.45) is 0 Å². The Morgan fingerprint density at radius 2 is 1.86 bits per heavy atom. The monoisotopic (exact) mass is 550 g/mol. The van der Waals surface area contributed by atoms with E-state index in [-0.39, 0.29) is 11.9 Å². The fraction of sp³-hybridized carbons (Fsp3) is 0.261. The van der Waals surface area contributed by atoms with Crippen LogP contribution in [0.15, 0.2) is 52.9 Å². The van der Waals surface area contributed by atoms with Crippen molar-refractivity contribution in [2.45, 2.75) is 22.6 Å². The molecular weight excluding hydrogens is 528 g/mol. The van der Waals surface area contributed by atoms with E-state index in [2.05, 4.69) is 20.8 Å². The summed E-state index contributed by atoms with van der Waals surface area (Å²) in [6.07, 6.45) is 2.38. The molecule has 184 valence electrons. The van der Waals surface area contributed by atoms with Gasteiger partial charge >= 0.3 is 5.97 Å². The molecule has 2 N–H and O–H groups in total. The second kappa shape index (κ2) is 13.5. The van der Waals surface area contributed by atoms with E-state index >= 15 is 0 Å². The van der Waals surface area contributed by atoms with Gasteiger partial charge in [0.25, 0.3) is 5.91 Å². The van der Waals surface area contributed by atoms with Crippen molar-refractivity contribution in [3.63, 3.8) is 0 Å². The van der Waals surface area contributed by atoms with Crippen LogP contribution >= 0.6 is 46.5 Å². The molecule has 3 rings (SSSR count). The third-order valence-electron chi connectivity index (χ3n) is 4.72. The summed E-state index contributed by atoms with van der Waals surface area (Å²) in [6, 6.07) is 13.0. The Kier molecular flexibility index (Phi) is 10.4. The van der Waals surface area contributed by atoms with Gasteiger partial charge in [0.05, 0.1) is 23.3 Å². The number of anilines is 1. The van der Waals surface area contributed by atoms with Gasteiger partial charge in [-0.3, -0.25) is 14.9 Å². The third-order valence-corrected chi connectivity index (χ3v) is 7.74. The van der Waals surface area contributed by atoms with E-state index in [1.165, 1.54) is 30.2 Å². The molecule has 0 radical (unpaired) electrons. The average molecular weight is 551 g/mol. The van der Waals surface area contributed by atoms with E-state index in [0.29, 0.717) is 43.5 Å². The number of aromatic nitrogens is 2. The first-order valence-corrected chi connectivity index (χ1v) is 14.0. The molecule has 8 nitrogen and oxygen atoms in total. The SMILES string of the molecule is COC(=O)c1ccc(CSc2nnc(NC(=O)[C@H](CCSC)NC(=O)c3ccccc3Cl)s2)cc1. The number of amides is 2. The molecular formula is C23H23ClN4O4S3. The second-order valence-electron chi connectivity index (χ2n) is 7.13. The highest BCUT2D eigenvalue weighted by molar-refractivity contribution is 8.00. The highest BCUT2D eigenvalue weighted by Gasteiger charge is 2.23. The van der Waals surface area contributed by atoms with Crippen LogP contribution in [0.2, 0.25) is 5.02 Å². The second-order valence-corrected chi connectivity index (χ2v) is 10.7. The fourth-order valence-corrected chi connectivity index (χ4v) is 5.30. The number of thioether (sulfide) groups is 2. The molecule has 3 aromatic rings. The summed E-state index contributed by atoms with van der Waals surface area (Å²) in [5.74, 6) is 0.142. The molecule has 0 spiro atoms. The number of benzene rings is 2. The Bertz CT molecular complexity index is 1170. The van der Waals surface area contributed by atoms with Gasteiger partial charge in [0.1, 0.15) is 6.04 Å². The van der Waals surface area contributed by atoms with Gasteiger partial charge in [-0.2, -0.15) is 11.8 Å². The summed E-state index contributed by atoms with van der Waals surface area (Å²) in [5, 5.41) is 14.4. The number of carbonyl (C=O) groups excluding carboxylic acids is 3. The van der Waals surface area contributed by atoms with Gasteiger partial charge in [0.15, 0.2) is 4.34 Å². The normalized spacial score (nSPS) is 11.5. The molecule has 1 atom stereocenters. The Balaban J connectivity index is 1.58. The van der Waals surface area contributed by atoms with Gasteiger partial charge in [0, 0.05) is 5.75 Å². The lowest BCUT2D eigenvalue weighted by molar-refractivity contribution is -0.118. The summed E-state index contributed by atoms with van der Waals surface area (Å²) in [5.41, 5.74) is 1.80. The molecule has 0 aliphatic rings. The third kappa shape index (κ3) is 7.96. The van der Waals surface area contributed by atoms with Crippen molar-refractivity contribution in [1.29, 1.82) is 0 Å². The van der Waals surface area contributed by atoms with Crippen LogP contribution in [-0.2, 0) is 15.3 Å². The van der Waals surface area contributed by atoms with Gasteiger partial charge in [0.2, 0.25) is 11.0 Å². The van der Waals surface area contributed by atoms with Crippen LogP contribution in [0.3, 0.4) is 0 Å². The van der Waals surface area contributed by atoms with Crippen molar-refractivity contribution in [3.05, 3.63) is 70.2 Å². The summed E-state index contributed by atoms with van der Waals surface area (Å²) < 4.78 is 5.38. The maximum Gasteiger partial charge on any atom is 0.337 e. The first kappa shape index (κ1) is 27.0. The molecule has 0 aliphatic carbocycles. The van der Waals surface area contributed by atoms with Gasteiger partial charge in [-0.05, 0) is 48.3 Å². The molecule has 0 unspecified atom stereocenters. The largest absolute Gasteiger partial charge is 0.465 e. The van der Waals surface area contributed by atoms with E-state index < -0.39 is 11.9 Å². The van der Waals surface area contributed by atoms with E-state index in [1.807, 2.05) is 18.4 Å². The van der Waals surface area contributed by atoms with E-state index in [4.69, 9.17) is 16.3 Å². The van der Waals surface area contributed by atoms with Crippen LogP contribution < -0.4 is 10.6 Å². The van der Waals surface area contributed by atoms with Gasteiger partial charge < -0.3 is 10.1 Å². The van der Waals surface area contributed by atoms with Gasteiger partial charge in [-0.15, -0.1) is 10.2 Å². The molecule has 0 aliphatic heterocycles. The first-order valence-electron chi connectivity index (χ1n) is 10.4. The predicted molar refractivity (Wildman–Crippen MR) is 142 cm³/mol. The average Bonchev–Trinajstić information content (AvgIpc) is 3.32. The number of carbonyl (C=O) groups is 3. The highest BCUT2D eigenvalue weighted by Crippen LogP contribution is 2.28. The lowest BCUT2D eigenvalue weighted by atomic mass is 10.1. The van der Waals surface area contributed by atoms with E-state index in [0.717, 1.165) is 5.56 Å². The van der Waals surface area contributed by atoms with Crippen molar-refractivity contribution < 1.29 is 19.1 Å². The number of hydrogen-bond donors (Lipinski definition) is 2. The lowest BCUT2D eigenvalue weighted by Gasteiger charge is -2.17. The number of nitrogens with zero attached hydrogens (tertiary/aromatic N) is 2. The molecule has 12 heteroatoms. The van der Waals surface area contributed by atoms with E-state index in [1.54, 1.807) is 48.2 Å². The smallest absolute Gasteiger partial charge is 0.337 e. The number of hydrogen-bond acceptors (Lipinski definition) is 9. The molecule has 0 bridgehead atoms. The number of methoxy groups -OCH3 is 1. The van der Waals surface area contributed by atoms with Crippen LogP contribution in [0, 0.1) is 0 Å². The van der Waals surface area contributed by atoms with Crippen molar-refractivity contribution in [2.75, 3.05) is 24.4 Å². The number of halogens is 1. The van der Waals surface area contributed by atoms with Crippen LogP contribution in [0.5, 0.6) is 0 Å². The minimum Gasteiger partial charge on any atom is -0.465 e. The topological polar surface area (TPSA) is 110 Å². The molecule has 1 aromatic heterocycles. The number of esters is 1. The van der Waals surface area contributed by atoms with Crippen molar-refractivity contribution >= 4 is 69.4 Å². The first-order chi connectivity index (χ1) is 16.9. The minimum atomic E-state index is -0.750. The van der Waals surface area contributed by atoms with Crippen LogP contribution in [0.1, 0.15) is 32.7 Å². The van der Waals surface area contributed by atoms with E-state index in [9.17, 15) is 14.4 Å². The Morgan fingerprint density at radius 1 is 1.11 bits per heavy atom. The lowest BCUT2D eigenvalue weighted by Crippen LogP contribution is -2.44. The Morgan fingerprint density at radius 3 is 2.54 bits per heavy atom. The summed E-state index contributed by atoms with van der Waals surface area (Å²) in [4.78, 5) is 37.1. The predicted octanol–water partition coefficient (Wildman–Crippen LogP) is 4.76. The summed E-state index contributed by atoms with van der Waals surface area (Å²) >= 11 is 10.4. The molecule has 0 saturated carbocycles. The van der Waals surface area contributed by atoms with Crippen LogP contribution in [0.4, 0.5) is 5.13 Å². The minimum absolute atomic E-state index is 0.310. The maximum absolute atomic E-state index is 12.9. The highest BCUT2D eigenvalue weighted by atomic mass is 35.5. The Hall–Kier alpha value is -2.60. The fourth-order valence-electron chi connectivity index (χ4n) is 2.90. The summed E-state index contributed by atoms with van der Waals surface area (Å²) in [7, 11) is 1.34. The molecule has 0 saturated heterocycles. The molecule has 1 heterocycles. The van der Waals surface area contributed by atoms with Crippen LogP contribution in [-0.4, -0.2) is 53.1 Å². The Labute approximate surface area is 220 Å². The zero-order valence-corrected chi connectivity index (χ0v) is 22.2. The zero-order chi connectivity index (χ0) is 25.2. The van der Waals surface area contributed by atoms with Crippen molar-refractivity contribution in [1.82, 2.24) is 15.5 Å². The van der Waals surface area contributed by atoms with Crippen molar-refractivity contribution in [3.8, 4) is 0 Å². The molecule has 35 heavy (non-hydrogen) atoms. The zero-order valence-electron chi connectivity index (χ0n) is 18.9. The molecule has 0 fully saturated rings. The maximum atomic E-state index is 12.9. The number of nitrogens with one attached hydrogen (secondary N) is 2. The quantitative estimate of drug-likeness (QED) is 0.200. The molecule has 2 amide bonds. The standard InChI is InChI=1S/C23H23ClN4O4S3/c1-32-21(31)15-9-7-14(8-10-15)13-34-23-28-27-22(35-23)26-20(30)18(11-12-33-2)25-19(29)16-5-3-4-6-17(16)24/h3-10,18H,11-13H2,1-2H3,(H,25,29)(H,26,27,30)/t18-/m0/s1. The van der Waals surface area contributed by atoms with Gasteiger partial charge in [-0.25, -0.2) is 4.79 Å². The van der Waals surface area contributed by atoms with Crippen LogP contribution in [0.25, 0.3) is 0 Å². The summed E-state index contributed by atoms with van der Waals surface area (Å²) in [6.45, 7) is 0. The number of ether oxygens (including phenoxy) is 1. The molecule has 2 aromatic carbocycles. The number of rotatable bonds is 11. The van der Waals surface area contributed by atoms with Gasteiger partial charge in [-0.1, -0.05) is 59.0 Å².